The van der Waals surface area contributed by atoms with E-state index in [0.717, 1.165) is 29.6 Å². The molecule has 1 aliphatic heterocycles. The van der Waals surface area contributed by atoms with E-state index in [1.165, 1.54) is 0 Å². The minimum atomic E-state index is -0.813. The first-order chi connectivity index (χ1) is 8.74. The summed E-state index contributed by atoms with van der Waals surface area (Å²) in [5.74, 6) is -0.813. The Morgan fingerprint density at radius 1 is 1.44 bits per heavy atom. The van der Waals surface area contributed by atoms with Crippen LogP contribution < -0.4 is 5.43 Å². The Morgan fingerprint density at radius 2 is 2.22 bits per heavy atom. The van der Waals surface area contributed by atoms with Crippen LogP contribution in [0.2, 0.25) is 0 Å². The molecule has 1 atom stereocenters. The lowest BCUT2D eigenvalue weighted by molar-refractivity contribution is -0.140. The van der Waals surface area contributed by atoms with E-state index in [1.54, 1.807) is 0 Å². The molecule has 2 aromatic rings. The summed E-state index contributed by atoms with van der Waals surface area (Å²) in [7, 11) is 0. The fourth-order valence-corrected chi connectivity index (χ4v) is 2.11. The van der Waals surface area contributed by atoms with Crippen molar-refractivity contribution in [3.63, 3.8) is 0 Å². The van der Waals surface area contributed by atoms with Crippen LogP contribution in [0.1, 0.15) is 5.56 Å². The number of hydrogen-bond donors (Lipinski definition) is 3. The Balaban J connectivity index is 1.82. The van der Waals surface area contributed by atoms with E-state index in [2.05, 4.69) is 10.4 Å². The van der Waals surface area contributed by atoms with Crippen LogP contribution in [-0.4, -0.2) is 40.2 Å². The van der Waals surface area contributed by atoms with Crippen molar-refractivity contribution >= 4 is 16.9 Å². The number of nitrogens with one attached hydrogen (secondary N) is 2. The van der Waals surface area contributed by atoms with Crippen LogP contribution in [0, 0.1) is 0 Å². The normalized spacial score (nSPS) is 16.9. The molecule has 5 nitrogen and oxygen atoms in total. The lowest BCUT2D eigenvalue weighted by atomic mass is 10.1. The number of hydrazine groups is 1. The first-order valence-electron chi connectivity index (χ1n) is 6.03. The molecular weight excluding hydrogens is 230 g/mol. The highest BCUT2D eigenvalue weighted by Gasteiger charge is 2.26. The Hall–Kier alpha value is -1.85. The van der Waals surface area contributed by atoms with Gasteiger partial charge in [-0.05, 0) is 11.6 Å². The van der Waals surface area contributed by atoms with Crippen molar-refractivity contribution in [1.82, 2.24) is 15.4 Å². The second kappa shape index (κ2) is 4.44. The average Bonchev–Trinajstić information content (AvgIpc) is 3.09. The number of H-pyrrole nitrogens is 1. The summed E-state index contributed by atoms with van der Waals surface area (Å²) in [5, 5.41) is 12.2. The molecule has 1 fully saturated rings. The molecule has 1 aromatic heterocycles. The number of carboxylic acids is 1. The molecule has 3 rings (SSSR count). The molecule has 0 spiro atoms. The van der Waals surface area contributed by atoms with Gasteiger partial charge in [0.1, 0.15) is 6.04 Å². The summed E-state index contributed by atoms with van der Waals surface area (Å²) >= 11 is 0. The zero-order valence-corrected chi connectivity index (χ0v) is 9.89. The fourth-order valence-electron chi connectivity index (χ4n) is 2.11. The number of aliphatic carboxylic acids is 1. The van der Waals surface area contributed by atoms with E-state index in [-0.39, 0.29) is 0 Å². The van der Waals surface area contributed by atoms with Gasteiger partial charge in [0.25, 0.3) is 0 Å². The summed E-state index contributed by atoms with van der Waals surface area (Å²) in [5.41, 5.74) is 5.09. The number of aromatic nitrogens is 1. The van der Waals surface area contributed by atoms with Gasteiger partial charge in [0.15, 0.2) is 0 Å². The van der Waals surface area contributed by atoms with Crippen molar-refractivity contribution in [3.8, 4) is 0 Å². The Bertz CT molecular complexity index is 574. The number of carbonyl (C=O) groups is 1. The van der Waals surface area contributed by atoms with Crippen molar-refractivity contribution in [3.05, 3.63) is 36.0 Å². The lowest BCUT2D eigenvalue weighted by Crippen LogP contribution is -2.41. The van der Waals surface area contributed by atoms with E-state index in [9.17, 15) is 9.90 Å². The van der Waals surface area contributed by atoms with Crippen LogP contribution in [0.3, 0.4) is 0 Å². The monoisotopic (exact) mass is 245 g/mol. The number of para-hydroxylation sites is 1. The van der Waals surface area contributed by atoms with Crippen LogP contribution in [0.5, 0.6) is 0 Å². The first-order valence-corrected chi connectivity index (χ1v) is 6.03. The maximum absolute atomic E-state index is 11.2. The lowest BCUT2D eigenvalue weighted by Gasteiger charge is -2.14. The molecule has 0 aliphatic carbocycles. The van der Waals surface area contributed by atoms with E-state index in [1.807, 2.05) is 35.5 Å². The molecule has 0 radical (unpaired) electrons. The number of fused-ring (bicyclic) bond motifs is 1. The zero-order valence-electron chi connectivity index (χ0n) is 9.89. The summed E-state index contributed by atoms with van der Waals surface area (Å²) < 4.78 is 0. The molecule has 94 valence electrons. The molecule has 2 heterocycles. The van der Waals surface area contributed by atoms with Crippen molar-refractivity contribution in [2.45, 2.75) is 12.5 Å². The first kappa shape index (κ1) is 11.3. The van der Waals surface area contributed by atoms with Crippen molar-refractivity contribution in [2.24, 2.45) is 0 Å². The number of rotatable bonds is 5. The highest BCUT2D eigenvalue weighted by molar-refractivity contribution is 5.84. The minimum absolute atomic E-state index is 0.482. The number of hydrogen-bond acceptors (Lipinski definition) is 3. The van der Waals surface area contributed by atoms with E-state index in [0.29, 0.717) is 6.42 Å². The third-order valence-electron chi connectivity index (χ3n) is 3.18. The van der Waals surface area contributed by atoms with Gasteiger partial charge in [0.05, 0.1) is 0 Å². The van der Waals surface area contributed by atoms with Gasteiger partial charge < -0.3 is 10.1 Å². The van der Waals surface area contributed by atoms with Crippen LogP contribution in [-0.2, 0) is 11.2 Å². The van der Waals surface area contributed by atoms with Gasteiger partial charge in [0, 0.05) is 36.6 Å². The third kappa shape index (κ3) is 2.23. The predicted molar refractivity (Wildman–Crippen MR) is 68.1 cm³/mol. The molecular formula is C13H15N3O2. The van der Waals surface area contributed by atoms with Gasteiger partial charge >= 0.3 is 5.97 Å². The van der Waals surface area contributed by atoms with Gasteiger partial charge in [-0.15, -0.1) is 0 Å². The largest absolute Gasteiger partial charge is 0.480 e. The van der Waals surface area contributed by atoms with Crippen LogP contribution in [0.15, 0.2) is 30.5 Å². The fraction of sp³-hybridized carbons (Fsp3) is 0.308. The van der Waals surface area contributed by atoms with E-state index >= 15 is 0 Å². The Morgan fingerprint density at radius 3 is 2.94 bits per heavy atom. The molecule has 0 amide bonds. The van der Waals surface area contributed by atoms with Gasteiger partial charge in [-0.1, -0.05) is 18.2 Å². The second-order valence-electron chi connectivity index (χ2n) is 4.57. The van der Waals surface area contributed by atoms with Gasteiger partial charge in [-0.25, -0.2) is 10.4 Å². The molecule has 3 N–H and O–H groups in total. The summed E-state index contributed by atoms with van der Waals surface area (Å²) in [4.78, 5) is 14.4. The number of carboxylic acid groups (broad SMARTS) is 1. The third-order valence-corrected chi connectivity index (χ3v) is 3.18. The number of nitrogens with zero attached hydrogens (tertiary/aromatic N) is 1. The Kier molecular flexibility index (Phi) is 2.77. The Labute approximate surface area is 104 Å². The highest BCUT2D eigenvalue weighted by atomic mass is 16.4. The summed E-state index contributed by atoms with van der Waals surface area (Å²) in [6.07, 6.45) is 2.38. The molecule has 1 aromatic carbocycles. The molecule has 5 heteroatoms. The predicted octanol–water partition coefficient (Wildman–Crippen LogP) is 0.984. The van der Waals surface area contributed by atoms with Gasteiger partial charge in [-0.2, -0.15) is 0 Å². The van der Waals surface area contributed by atoms with E-state index in [4.69, 9.17) is 0 Å². The smallest absolute Gasteiger partial charge is 0.322 e. The minimum Gasteiger partial charge on any atom is -0.480 e. The SMILES string of the molecule is O=C(O)[C@H](Cc1c[nH]c2ccccc12)NN1CC1. The summed E-state index contributed by atoms with van der Waals surface area (Å²) in [6.45, 7) is 1.86. The van der Waals surface area contributed by atoms with Crippen molar-refractivity contribution in [2.75, 3.05) is 13.1 Å². The maximum atomic E-state index is 11.2. The van der Waals surface area contributed by atoms with E-state index < -0.39 is 12.0 Å². The topological polar surface area (TPSA) is 68.1 Å². The standard InChI is InChI=1S/C13H15N3O2/c17-13(18)12(15-16-5-6-16)7-9-8-14-11-4-2-1-3-10(9)11/h1-4,8,12,14-15H,5-7H2,(H,17,18)/t12-/m0/s1. The van der Waals surface area contributed by atoms with Gasteiger partial charge in [-0.3, -0.25) is 4.79 Å². The summed E-state index contributed by atoms with van der Waals surface area (Å²) in [6, 6.07) is 7.37. The van der Waals surface area contributed by atoms with Crippen LogP contribution in [0.4, 0.5) is 0 Å². The average molecular weight is 245 g/mol. The second-order valence-corrected chi connectivity index (χ2v) is 4.57. The van der Waals surface area contributed by atoms with Crippen LogP contribution in [0.25, 0.3) is 10.9 Å². The quantitative estimate of drug-likeness (QED) is 0.687. The highest BCUT2D eigenvalue weighted by Crippen LogP contribution is 2.19. The van der Waals surface area contributed by atoms with Crippen LogP contribution >= 0.6 is 0 Å². The molecule has 0 saturated carbocycles. The van der Waals surface area contributed by atoms with Crippen molar-refractivity contribution < 1.29 is 9.90 Å². The van der Waals surface area contributed by atoms with Gasteiger partial charge in [0.2, 0.25) is 0 Å². The maximum Gasteiger partial charge on any atom is 0.322 e. The molecule has 18 heavy (non-hydrogen) atoms. The molecule has 0 bridgehead atoms. The number of aromatic amines is 1. The molecule has 1 saturated heterocycles. The zero-order chi connectivity index (χ0) is 12.5. The number of benzene rings is 1. The molecule has 1 aliphatic rings. The van der Waals surface area contributed by atoms with Crippen molar-refractivity contribution in [1.29, 1.82) is 0 Å². The molecule has 0 unspecified atom stereocenters.